The second kappa shape index (κ2) is 7.74. The summed E-state index contributed by atoms with van der Waals surface area (Å²) in [6, 6.07) is 15.9. The molecule has 0 amide bonds. The lowest BCUT2D eigenvalue weighted by atomic mass is 10.1. The summed E-state index contributed by atoms with van der Waals surface area (Å²) in [4.78, 5) is 4.41. The number of nitrogens with zero attached hydrogens (tertiary/aromatic N) is 1. The molecule has 2 aromatic rings. The van der Waals surface area contributed by atoms with E-state index in [1.165, 1.54) is 22.9 Å². The predicted octanol–water partition coefficient (Wildman–Crippen LogP) is 4.06. The molecule has 21 heavy (non-hydrogen) atoms. The molecule has 0 saturated carbocycles. The Morgan fingerprint density at radius 1 is 1.10 bits per heavy atom. The zero-order valence-electron chi connectivity index (χ0n) is 12.4. The average Bonchev–Trinajstić information content (AvgIpc) is 2.49. The summed E-state index contributed by atoms with van der Waals surface area (Å²) in [5.74, 6) is 1.65. The van der Waals surface area contributed by atoms with Crippen LogP contribution in [-0.2, 0) is 0 Å². The third-order valence-electron chi connectivity index (χ3n) is 3.07. The lowest BCUT2D eigenvalue weighted by molar-refractivity contribution is 0.344. The molecule has 0 bridgehead atoms. The summed E-state index contributed by atoms with van der Waals surface area (Å²) < 4.78 is 5.61. The molecule has 0 saturated heterocycles. The largest absolute Gasteiger partial charge is 0.493 e. The number of thioether (sulfide) groups is 1. The lowest BCUT2D eigenvalue weighted by Crippen LogP contribution is -2.10. The molecule has 0 heterocycles. The van der Waals surface area contributed by atoms with Crippen molar-refractivity contribution in [2.24, 2.45) is 10.7 Å². The van der Waals surface area contributed by atoms with Crippen LogP contribution in [0.5, 0.6) is 5.75 Å². The highest BCUT2D eigenvalue weighted by Crippen LogP contribution is 2.18. The normalized spacial score (nSPS) is 11.4. The molecular weight excluding hydrogens is 280 g/mol. The molecule has 0 aromatic heterocycles. The van der Waals surface area contributed by atoms with Gasteiger partial charge in [0.2, 0.25) is 0 Å². The Hall–Kier alpha value is -1.94. The van der Waals surface area contributed by atoms with Crippen molar-refractivity contribution in [2.75, 3.05) is 12.4 Å². The third-order valence-corrected chi connectivity index (χ3v) is 3.83. The minimum atomic E-state index is 0.565. The SMILES string of the molecule is Cc1ccc(N=C(N)SCCOc2ccccc2)cc1C. The van der Waals surface area contributed by atoms with Gasteiger partial charge in [-0.3, -0.25) is 0 Å². The number of ether oxygens (including phenoxy) is 1. The first-order chi connectivity index (χ1) is 10.1. The fourth-order valence-corrected chi connectivity index (χ4v) is 2.32. The number of aliphatic imine (C=N–C) groups is 1. The van der Waals surface area contributed by atoms with Crippen molar-refractivity contribution in [3.05, 3.63) is 59.7 Å². The van der Waals surface area contributed by atoms with Crippen LogP contribution in [0.3, 0.4) is 0 Å². The Kier molecular flexibility index (Phi) is 5.69. The van der Waals surface area contributed by atoms with Gasteiger partial charge in [-0.15, -0.1) is 0 Å². The lowest BCUT2D eigenvalue weighted by Gasteiger charge is -2.06. The van der Waals surface area contributed by atoms with Crippen molar-refractivity contribution in [3.8, 4) is 5.75 Å². The summed E-state index contributed by atoms with van der Waals surface area (Å²) in [7, 11) is 0. The molecule has 0 radical (unpaired) electrons. The predicted molar refractivity (Wildman–Crippen MR) is 91.6 cm³/mol. The van der Waals surface area contributed by atoms with Gasteiger partial charge in [0.15, 0.2) is 5.17 Å². The first-order valence-corrected chi connectivity index (χ1v) is 7.86. The minimum Gasteiger partial charge on any atom is -0.493 e. The molecule has 0 atom stereocenters. The van der Waals surface area contributed by atoms with Gasteiger partial charge in [-0.25, -0.2) is 4.99 Å². The van der Waals surface area contributed by atoms with Gasteiger partial charge in [0.25, 0.3) is 0 Å². The second-order valence-electron chi connectivity index (χ2n) is 4.73. The van der Waals surface area contributed by atoms with Crippen LogP contribution in [0.1, 0.15) is 11.1 Å². The highest BCUT2D eigenvalue weighted by Gasteiger charge is 1.99. The van der Waals surface area contributed by atoms with Crippen LogP contribution in [-0.4, -0.2) is 17.5 Å². The number of benzene rings is 2. The van der Waals surface area contributed by atoms with Crippen molar-refractivity contribution >= 4 is 22.6 Å². The summed E-state index contributed by atoms with van der Waals surface area (Å²) in [5, 5.41) is 0.565. The number of hydrogen-bond donors (Lipinski definition) is 1. The van der Waals surface area contributed by atoms with Crippen molar-refractivity contribution < 1.29 is 4.74 Å². The van der Waals surface area contributed by atoms with Crippen LogP contribution < -0.4 is 10.5 Å². The first kappa shape index (κ1) is 15.4. The summed E-state index contributed by atoms with van der Waals surface area (Å²) in [5.41, 5.74) is 9.31. The van der Waals surface area contributed by atoms with E-state index in [-0.39, 0.29) is 0 Å². The molecule has 0 fully saturated rings. The van der Waals surface area contributed by atoms with E-state index in [4.69, 9.17) is 10.5 Å². The second-order valence-corrected chi connectivity index (χ2v) is 5.84. The molecule has 3 nitrogen and oxygen atoms in total. The van der Waals surface area contributed by atoms with Crippen LogP contribution in [0.4, 0.5) is 5.69 Å². The van der Waals surface area contributed by atoms with Gasteiger partial charge in [0.1, 0.15) is 5.75 Å². The van der Waals surface area contributed by atoms with E-state index in [0.29, 0.717) is 11.8 Å². The van der Waals surface area contributed by atoms with E-state index >= 15 is 0 Å². The van der Waals surface area contributed by atoms with Gasteiger partial charge in [0.05, 0.1) is 12.3 Å². The Balaban J connectivity index is 1.79. The van der Waals surface area contributed by atoms with Crippen molar-refractivity contribution in [1.82, 2.24) is 0 Å². The molecular formula is C17H20N2OS. The van der Waals surface area contributed by atoms with E-state index in [1.807, 2.05) is 42.5 Å². The smallest absolute Gasteiger partial charge is 0.159 e. The van der Waals surface area contributed by atoms with Gasteiger partial charge < -0.3 is 10.5 Å². The van der Waals surface area contributed by atoms with Crippen LogP contribution in [0.15, 0.2) is 53.5 Å². The monoisotopic (exact) mass is 300 g/mol. The van der Waals surface area contributed by atoms with Crippen LogP contribution >= 0.6 is 11.8 Å². The van der Waals surface area contributed by atoms with Crippen LogP contribution in [0.2, 0.25) is 0 Å². The standard InChI is InChI=1S/C17H20N2OS/c1-13-8-9-15(12-14(13)2)19-17(18)21-11-10-20-16-6-4-3-5-7-16/h3-9,12H,10-11H2,1-2H3,(H2,18,19). The van der Waals surface area contributed by atoms with Crippen molar-refractivity contribution in [1.29, 1.82) is 0 Å². The highest BCUT2D eigenvalue weighted by atomic mass is 32.2. The average molecular weight is 300 g/mol. The molecule has 2 rings (SSSR count). The zero-order chi connectivity index (χ0) is 15.1. The fraction of sp³-hybridized carbons (Fsp3) is 0.235. The molecule has 2 N–H and O–H groups in total. The number of para-hydroxylation sites is 1. The van der Waals surface area contributed by atoms with E-state index in [2.05, 4.69) is 24.9 Å². The van der Waals surface area contributed by atoms with Gasteiger partial charge >= 0.3 is 0 Å². The molecule has 0 spiro atoms. The maximum absolute atomic E-state index is 5.93. The maximum atomic E-state index is 5.93. The summed E-state index contributed by atoms with van der Waals surface area (Å²) in [6.07, 6.45) is 0. The van der Waals surface area contributed by atoms with E-state index in [9.17, 15) is 0 Å². The number of aryl methyl sites for hydroxylation is 2. The number of nitrogens with two attached hydrogens (primary N) is 1. The topological polar surface area (TPSA) is 47.6 Å². The number of rotatable bonds is 5. The van der Waals surface area contributed by atoms with E-state index < -0.39 is 0 Å². The Morgan fingerprint density at radius 3 is 2.57 bits per heavy atom. The summed E-state index contributed by atoms with van der Waals surface area (Å²) >= 11 is 1.50. The number of amidine groups is 1. The minimum absolute atomic E-state index is 0.565. The van der Waals surface area contributed by atoms with Gasteiger partial charge in [-0.2, -0.15) is 0 Å². The zero-order valence-corrected chi connectivity index (χ0v) is 13.2. The molecule has 0 aliphatic rings. The molecule has 0 unspecified atom stereocenters. The number of hydrogen-bond acceptors (Lipinski definition) is 3. The van der Waals surface area contributed by atoms with Crippen LogP contribution in [0, 0.1) is 13.8 Å². The molecule has 2 aromatic carbocycles. The van der Waals surface area contributed by atoms with E-state index in [1.54, 1.807) is 0 Å². The Morgan fingerprint density at radius 2 is 1.86 bits per heavy atom. The molecule has 4 heteroatoms. The highest BCUT2D eigenvalue weighted by molar-refractivity contribution is 8.13. The third kappa shape index (κ3) is 5.16. The molecule has 110 valence electrons. The fourth-order valence-electron chi connectivity index (χ4n) is 1.78. The maximum Gasteiger partial charge on any atom is 0.159 e. The molecule has 0 aliphatic heterocycles. The first-order valence-electron chi connectivity index (χ1n) is 6.87. The van der Waals surface area contributed by atoms with Gasteiger partial charge in [0, 0.05) is 5.75 Å². The van der Waals surface area contributed by atoms with Gasteiger partial charge in [-0.05, 0) is 49.2 Å². The van der Waals surface area contributed by atoms with Crippen LogP contribution in [0.25, 0.3) is 0 Å². The van der Waals surface area contributed by atoms with Gasteiger partial charge in [-0.1, -0.05) is 36.0 Å². The Bertz CT molecular complexity index is 611. The Labute approximate surface area is 130 Å². The summed E-state index contributed by atoms with van der Waals surface area (Å²) in [6.45, 7) is 4.77. The van der Waals surface area contributed by atoms with Crippen molar-refractivity contribution in [3.63, 3.8) is 0 Å². The van der Waals surface area contributed by atoms with E-state index in [0.717, 1.165) is 17.2 Å². The molecule has 0 aliphatic carbocycles. The quantitative estimate of drug-likeness (QED) is 0.514. The van der Waals surface area contributed by atoms with Crippen molar-refractivity contribution in [2.45, 2.75) is 13.8 Å².